The fourth-order valence-corrected chi connectivity index (χ4v) is 3.74. The molecule has 1 aromatic rings. The van der Waals surface area contributed by atoms with Crippen LogP contribution in [0.5, 0.6) is 0 Å². The molecule has 1 heterocycles. The van der Waals surface area contributed by atoms with E-state index >= 15 is 0 Å². The second-order valence-corrected chi connectivity index (χ2v) is 7.13. The number of nitrogens with zero attached hydrogens (tertiary/aromatic N) is 2. The monoisotopic (exact) mass is 272 g/mol. The molecule has 0 atom stereocenters. The van der Waals surface area contributed by atoms with Crippen molar-refractivity contribution in [1.29, 1.82) is 0 Å². The number of anilines is 1. The third-order valence-corrected chi connectivity index (χ3v) is 5.03. The van der Waals surface area contributed by atoms with Crippen LogP contribution in [0.15, 0.2) is 11.1 Å². The van der Waals surface area contributed by atoms with Crippen LogP contribution in [0.1, 0.15) is 32.6 Å². The lowest BCUT2D eigenvalue weighted by atomic mass is 9.89. The molecule has 0 spiro atoms. The van der Waals surface area contributed by atoms with Crippen LogP contribution in [0.2, 0.25) is 0 Å². The van der Waals surface area contributed by atoms with Crippen molar-refractivity contribution in [3.63, 3.8) is 0 Å². The zero-order valence-electron chi connectivity index (χ0n) is 10.8. The van der Waals surface area contributed by atoms with Gasteiger partial charge in [0.25, 0.3) is 0 Å². The third kappa shape index (κ3) is 2.67. The van der Waals surface area contributed by atoms with Crippen LogP contribution in [-0.4, -0.2) is 24.7 Å². The first kappa shape index (κ1) is 13.4. The summed E-state index contributed by atoms with van der Waals surface area (Å²) in [4.78, 5) is 0.0617. The fraction of sp³-hybridized carbons (Fsp3) is 0.727. The first-order valence-corrected chi connectivity index (χ1v) is 7.60. The summed E-state index contributed by atoms with van der Waals surface area (Å²) in [6.07, 6.45) is 5.91. The first-order valence-electron chi connectivity index (χ1n) is 6.11. The molecular weight excluding hydrogens is 252 g/mol. The van der Waals surface area contributed by atoms with Gasteiger partial charge in [0, 0.05) is 19.8 Å². The highest BCUT2D eigenvalue weighted by Crippen LogP contribution is 2.37. The van der Waals surface area contributed by atoms with Gasteiger partial charge in [0.2, 0.25) is 10.0 Å². The van der Waals surface area contributed by atoms with Gasteiger partial charge in [-0.25, -0.2) is 13.1 Å². The van der Waals surface area contributed by atoms with Gasteiger partial charge in [-0.05, 0) is 18.3 Å². The summed E-state index contributed by atoms with van der Waals surface area (Å²) in [6, 6.07) is 0. The third-order valence-electron chi connectivity index (χ3n) is 3.61. The largest absolute Gasteiger partial charge is 0.381 e. The van der Waals surface area contributed by atoms with Crippen molar-refractivity contribution in [3.8, 4) is 0 Å². The Kier molecular flexibility index (Phi) is 3.37. The number of aryl methyl sites for hydroxylation is 1. The zero-order valence-corrected chi connectivity index (χ0v) is 11.6. The normalized spacial score (nSPS) is 19.2. The minimum absolute atomic E-state index is 0.0431. The van der Waals surface area contributed by atoms with E-state index in [1.807, 2.05) is 0 Å². The van der Waals surface area contributed by atoms with Gasteiger partial charge in [-0.3, -0.25) is 4.68 Å². The van der Waals surface area contributed by atoms with Crippen molar-refractivity contribution in [2.45, 2.75) is 37.5 Å². The summed E-state index contributed by atoms with van der Waals surface area (Å²) in [5.74, 6) is 0.0431. The molecule has 0 saturated heterocycles. The molecule has 6 nitrogen and oxygen atoms in total. The van der Waals surface area contributed by atoms with Crippen molar-refractivity contribution in [3.05, 3.63) is 6.20 Å². The van der Waals surface area contributed by atoms with Gasteiger partial charge in [-0.15, -0.1) is 0 Å². The van der Waals surface area contributed by atoms with E-state index in [1.165, 1.54) is 23.7 Å². The van der Waals surface area contributed by atoms with Gasteiger partial charge in [-0.1, -0.05) is 19.8 Å². The molecule has 0 radical (unpaired) electrons. The SMILES string of the molecule is Cn1cc(S(=O)(=O)NCC2(C)CCCC2)c(N)n1. The van der Waals surface area contributed by atoms with Crippen molar-refractivity contribution in [2.75, 3.05) is 12.3 Å². The van der Waals surface area contributed by atoms with Crippen molar-refractivity contribution in [1.82, 2.24) is 14.5 Å². The molecule has 1 aliphatic carbocycles. The molecule has 7 heteroatoms. The maximum atomic E-state index is 12.1. The smallest absolute Gasteiger partial charge is 0.245 e. The molecule has 0 aliphatic heterocycles. The van der Waals surface area contributed by atoms with E-state index in [0.717, 1.165) is 12.8 Å². The van der Waals surface area contributed by atoms with Gasteiger partial charge >= 0.3 is 0 Å². The Bertz CT molecular complexity index is 529. The van der Waals surface area contributed by atoms with Crippen LogP contribution >= 0.6 is 0 Å². The zero-order chi connectivity index (χ0) is 13.4. The van der Waals surface area contributed by atoms with Crippen LogP contribution in [0.25, 0.3) is 0 Å². The number of nitrogen functional groups attached to an aromatic ring is 1. The van der Waals surface area contributed by atoms with Crippen molar-refractivity contribution >= 4 is 15.8 Å². The minimum atomic E-state index is -3.55. The fourth-order valence-electron chi connectivity index (χ4n) is 2.44. The summed E-state index contributed by atoms with van der Waals surface area (Å²) < 4.78 is 28.3. The van der Waals surface area contributed by atoms with Crippen LogP contribution in [0.4, 0.5) is 5.82 Å². The van der Waals surface area contributed by atoms with Crippen molar-refractivity contribution < 1.29 is 8.42 Å². The summed E-state index contributed by atoms with van der Waals surface area (Å²) >= 11 is 0. The number of aromatic nitrogens is 2. The second kappa shape index (κ2) is 4.55. The first-order chi connectivity index (χ1) is 8.32. The molecule has 1 fully saturated rings. The lowest BCUT2D eigenvalue weighted by Crippen LogP contribution is -2.34. The number of nitrogens with two attached hydrogens (primary N) is 1. The van der Waals surface area contributed by atoms with Gasteiger partial charge < -0.3 is 5.73 Å². The second-order valence-electron chi connectivity index (χ2n) is 5.39. The van der Waals surface area contributed by atoms with E-state index in [0.29, 0.717) is 6.54 Å². The van der Waals surface area contributed by atoms with Crippen molar-refractivity contribution in [2.24, 2.45) is 12.5 Å². The molecule has 102 valence electrons. The Morgan fingerprint density at radius 2 is 2.11 bits per heavy atom. The Morgan fingerprint density at radius 3 is 2.61 bits per heavy atom. The predicted octanol–water partition coefficient (Wildman–Crippen LogP) is 0.861. The van der Waals surface area contributed by atoms with E-state index in [9.17, 15) is 8.42 Å². The summed E-state index contributed by atoms with van der Waals surface area (Å²) in [7, 11) is -1.91. The van der Waals surface area contributed by atoms with Gasteiger partial charge in [0.05, 0.1) is 0 Å². The Hall–Kier alpha value is -1.08. The van der Waals surface area contributed by atoms with Gasteiger partial charge in [0.1, 0.15) is 4.90 Å². The average molecular weight is 272 g/mol. The number of sulfonamides is 1. The molecule has 0 bridgehead atoms. The van der Waals surface area contributed by atoms with Crippen LogP contribution < -0.4 is 10.5 Å². The molecule has 2 rings (SSSR count). The van der Waals surface area contributed by atoms with Gasteiger partial charge in [-0.2, -0.15) is 5.10 Å². The molecule has 0 aromatic carbocycles. The topological polar surface area (TPSA) is 90.0 Å². The lowest BCUT2D eigenvalue weighted by molar-refractivity contribution is 0.336. The molecule has 1 aromatic heterocycles. The maximum absolute atomic E-state index is 12.1. The molecule has 1 saturated carbocycles. The summed E-state index contributed by atoms with van der Waals surface area (Å²) in [6.45, 7) is 2.58. The quantitative estimate of drug-likeness (QED) is 0.850. The highest BCUT2D eigenvalue weighted by molar-refractivity contribution is 7.89. The average Bonchev–Trinajstić information content (AvgIpc) is 2.84. The summed E-state index contributed by atoms with van der Waals surface area (Å²) in [5, 5.41) is 3.85. The Labute approximate surface area is 108 Å². The maximum Gasteiger partial charge on any atom is 0.245 e. The lowest BCUT2D eigenvalue weighted by Gasteiger charge is -2.23. The minimum Gasteiger partial charge on any atom is -0.381 e. The predicted molar refractivity (Wildman–Crippen MR) is 69.4 cm³/mol. The highest BCUT2D eigenvalue weighted by Gasteiger charge is 2.31. The standard InChI is InChI=1S/C11H20N4O2S/c1-11(5-3-4-6-11)8-13-18(16,17)9-7-15(2)14-10(9)12/h7,13H,3-6,8H2,1-2H3,(H2,12,14). The number of nitrogens with one attached hydrogen (secondary N) is 1. The molecule has 3 N–H and O–H groups in total. The molecule has 1 aliphatic rings. The number of hydrogen-bond acceptors (Lipinski definition) is 4. The van der Waals surface area contributed by atoms with E-state index in [-0.39, 0.29) is 16.1 Å². The van der Waals surface area contributed by atoms with E-state index < -0.39 is 10.0 Å². The highest BCUT2D eigenvalue weighted by atomic mass is 32.2. The van der Waals surface area contributed by atoms with Crippen LogP contribution in [0, 0.1) is 5.41 Å². The van der Waals surface area contributed by atoms with Gasteiger partial charge in [0.15, 0.2) is 5.82 Å². The number of rotatable bonds is 4. The number of hydrogen-bond donors (Lipinski definition) is 2. The summed E-state index contributed by atoms with van der Waals surface area (Å²) in [5.41, 5.74) is 5.67. The van der Waals surface area contributed by atoms with Crippen LogP contribution in [-0.2, 0) is 17.1 Å². The van der Waals surface area contributed by atoms with E-state index in [2.05, 4.69) is 16.7 Å². The Balaban J connectivity index is 2.10. The van der Waals surface area contributed by atoms with Crippen LogP contribution in [0.3, 0.4) is 0 Å². The van der Waals surface area contributed by atoms with E-state index in [4.69, 9.17) is 5.73 Å². The molecule has 0 amide bonds. The molecular formula is C11H20N4O2S. The van der Waals surface area contributed by atoms with E-state index in [1.54, 1.807) is 7.05 Å². The molecule has 0 unspecified atom stereocenters. The Morgan fingerprint density at radius 1 is 1.50 bits per heavy atom. The molecule has 18 heavy (non-hydrogen) atoms.